The summed E-state index contributed by atoms with van der Waals surface area (Å²) in [4.78, 5) is 40.1. The van der Waals surface area contributed by atoms with Crippen LogP contribution in [0.2, 0.25) is 0 Å². The average Bonchev–Trinajstić information content (AvgIpc) is 3.42. The minimum Gasteiger partial charge on any atom is -0.756 e. The molecule has 0 aliphatic heterocycles. The Balaban J connectivity index is 5.10. The number of allylic oxidation sites excluding steroid dienone is 13. The standard InChI is InChI=1S/C70H127N2O7P/c1-7-10-13-16-19-22-25-28-30-31-32-33-34-35-36-37-38-39-40-41-42-44-47-50-53-56-59-62-69(73)71-67(66-78-80(75,76)77-65-64-72(4,5)6)68(61-58-55-52-49-46-43-27-24-21-18-15-12-9-3)79-70(74)63-60-57-54-51-48-45-29-26-23-20-17-14-11-8-2/h10,13,19,22,28,30,32-33,35-36,45,48,58,61,67-68H,7-9,11-12,14-18,20-21,23-27,29,31,34,37-44,46-47,49-57,59-60,62-66H2,1-6H3,(H-,71,73,75,76)/b13-10-,22-19-,30-28-,33-32-,36-35-,48-45-,61-58-. The summed E-state index contributed by atoms with van der Waals surface area (Å²) in [6.45, 7) is 6.73. The molecule has 0 aromatic carbocycles. The molecule has 0 fully saturated rings. The molecule has 0 rings (SSSR count). The number of likely N-dealkylation sites (N-methyl/N-ethyl adjacent to an activating group) is 1. The first kappa shape index (κ1) is 77.2. The van der Waals surface area contributed by atoms with Gasteiger partial charge in [-0.15, -0.1) is 0 Å². The number of phosphoric acid groups is 1. The normalized spacial score (nSPS) is 14.1. The van der Waals surface area contributed by atoms with E-state index in [-0.39, 0.29) is 24.9 Å². The zero-order valence-electron chi connectivity index (χ0n) is 53.0. The molecule has 3 atom stereocenters. The van der Waals surface area contributed by atoms with E-state index in [9.17, 15) is 19.0 Å². The first-order valence-corrected chi connectivity index (χ1v) is 34.9. The van der Waals surface area contributed by atoms with Crippen molar-refractivity contribution < 1.29 is 37.3 Å². The zero-order chi connectivity index (χ0) is 58.6. The Labute approximate surface area is 495 Å². The molecular formula is C70H127N2O7P. The van der Waals surface area contributed by atoms with Crippen molar-refractivity contribution in [1.29, 1.82) is 0 Å². The molecule has 1 N–H and O–H groups in total. The highest BCUT2D eigenvalue weighted by Gasteiger charge is 2.27. The third-order valence-electron chi connectivity index (χ3n) is 14.6. The number of carbonyl (C=O) groups excluding carboxylic acids is 2. The van der Waals surface area contributed by atoms with Gasteiger partial charge >= 0.3 is 5.97 Å². The zero-order valence-corrected chi connectivity index (χ0v) is 53.9. The van der Waals surface area contributed by atoms with Crippen molar-refractivity contribution in [3.63, 3.8) is 0 Å². The predicted molar refractivity (Wildman–Crippen MR) is 344 cm³/mol. The van der Waals surface area contributed by atoms with E-state index in [0.717, 1.165) is 109 Å². The van der Waals surface area contributed by atoms with E-state index < -0.39 is 26.6 Å². The molecule has 0 aliphatic carbocycles. The number of hydrogen-bond donors (Lipinski definition) is 1. The summed E-state index contributed by atoms with van der Waals surface area (Å²) in [7, 11) is 1.17. The van der Waals surface area contributed by atoms with Crippen LogP contribution < -0.4 is 10.2 Å². The highest BCUT2D eigenvalue weighted by Crippen LogP contribution is 2.38. The Hall–Kier alpha value is -2.81. The summed E-state index contributed by atoms with van der Waals surface area (Å²) in [5.41, 5.74) is 0. The number of esters is 1. The maximum absolute atomic E-state index is 13.6. The molecule has 0 heterocycles. The molecule has 464 valence electrons. The van der Waals surface area contributed by atoms with E-state index in [1.54, 1.807) is 0 Å². The van der Waals surface area contributed by atoms with Crippen LogP contribution in [0.4, 0.5) is 0 Å². The van der Waals surface area contributed by atoms with Crippen LogP contribution in [0, 0.1) is 0 Å². The van der Waals surface area contributed by atoms with Crippen LogP contribution in [0.15, 0.2) is 85.1 Å². The lowest BCUT2D eigenvalue weighted by Gasteiger charge is -2.30. The van der Waals surface area contributed by atoms with E-state index in [0.29, 0.717) is 23.9 Å². The fourth-order valence-corrected chi connectivity index (χ4v) is 10.1. The van der Waals surface area contributed by atoms with E-state index in [1.807, 2.05) is 33.3 Å². The molecule has 0 aromatic heterocycles. The Morgan fingerprint density at radius 3 is 1.23 bits per heavy atom. The van der Waals surface area contributed by atoms with Gasteiger partial charge in [-0.1, -0.05) is 267 Å². The Morgan fingerprint density at radius 2 is 0.800 bits per heavy atom. The molecule has 9 nitrogen and oxygen atoms in total. The van der Waals surface area contributed by atoms with Gasteiger partial charge < -0.3 is 28.5 Å². The van der Waals surface area contributed by atoms with Crippen LogP contribution in [0.25, 0.3) is 0 Å². The second-order valence-electron chi connectivity index (χ2n) is 23.6. The SMILES string of the molecule is CC/C=C\C/C=C\C/C=C\C/C=C\C/C=C\CCCCCCCCCCCCCC(=O)NC(COP(=O)([O-])OCC[N+](C)(C)C)C(/C=C\CCCCCCCCCCCCC)OC(=O)CCCCC/C=C\CCCCCCCCC. The number of quaternary nitrogens is 1. The van der Waals surface area contributed by atoms with Crippen LogP contribution in [-0.2, 0) is 27.9 Å². The topological polar surface area (TPSA) is 114 Å². The maximum atomic E-state index is 13.6. The smallest absolute Gasteiger partial charge is 0.306 e. The quantitative estimate of drug-likeness (QED) is 0.0212. The molecule has 1 amide bonds. The second kappa shape index (κ2) is 59.4. The van der Waals surface area contributed by atoms with E-state index in [2.05, 4.69) is 99.0 Å². The van der Waals surface area contributed by atoms with Gasteiger partial charge in [0.1, 0.15) is 19.3 Å². The predicted octanol–water partition coefficient (Wildman–Crippen LogP) is 20.3. The molecule has 0 spiro atoms. The summed E-state index contributed by atoms with van der Waals surface area (Å²) in [5.74, 6) is -0.559. The summed E-state index contributed by atoms with van der Waals surface area (Å²) in [6.07, 6.45) is 78.4. The van der Waals surface area contributed by atoms with Crippen LogP contribution in [0.5, 0.6) is 0 Å². The number of hydrogen-bond acceptors (Lipinski definition) is 7. The van der Waals surface area contributed by atoms with Gasteiger partial charge in [0.05, 0.1) is 33.8 Å². The molecule has 0 aromatic rings. The monoisotopic (exact) mass is 1140 g/mol. The van der Waals surface area contributed by atoms with Gasteiger partial charge in [-0.2, -0.15) is 0 Å². The van der Waals surface area contributed by atoms with E-state index in [4.69, 9.17) is 13.8 Å². The lowest BCUT2D eigenvalue weighted by Crippen LogP contribution is -2.47. The second-order valence-corrected chi connectivity index (χ2v) is 25.0. The number of ether oxygens (including phenoxy) is 1. The fourth-order valence-electron chi connectivity index (χ4n) is 9.43. The molecule has 80 heavy (non-hydrogen) atoms. The Morgan fingerprint density at radius 1 is 0.450 bits per heavy atom. The summed E-state index contributed by atoms with van der Waals surface area (Å²) in [5, 5.41) is 3.03. The summed E-state index contributed by atoms with van der Waals surface area (Å²) < 4.78 is 30.4. The highest BCUT2D eigenvalue weighted by molar-refractivity contribution is 7.45. The number of nitrogens with zero attached hydrogens (tertiary/aromatic N) is 1. The van der Waals surface area contributed by atoms with E-state index >= 15 is 0 Å². The fraction of sp³-hybridized carbons (Fsp3) is 0.771. The lowest BCUT2D eigenvalue weighted by atomic mass is 10.0. The number of unbranched alkanes of at least 4 members (excludes halogenated alkanes) is 32. The van der Waals surface area contributed by atoms with Crippen LogP contribution in [0.1, 0.15) is 297 Å². The van der Waals surface area contributed by atoms with Gasteiger partial charge in [-0.25, -0.2) is 0 Å². The number of nitrogens with one attached hydrogen (secondary N) is 1. The number of rotatable bonds is 60. The molecule has 0 radical (unpaired) electrons. The van der Waals surface area contributed by atoms with Gasteiger partial charge in [-0.3, -0.25) is 14.2 Å². The molecule has 0 saturated carbocycles. The van der Waals surface area contributed by atoms with Gasteiger partial charge in [0.25, 0.3) is 7.82 Å². The molecule has 10 heteroatoms. The molecule has 3 unspecified atom stereocenters. The first-order valence-electron chi connectivity index (χ1n) is 33.4. The van der Waals surface area contributed by atoms with Crippen molar-refractivity contribution in [2.24, 2.45) is 0 Å². The van der Waals surface area contributed by atoms with Gasteiger partial charge in [0.2, 0.25) is 5.91 Å². The summed E-state index contributed by atoms with van der Waals surface area (Å²) >= 11 is 0. The van der Waals surface area contributed by atoms with Crippen molar-refractivity contribution in [2.45, 2.75) is 309 Å². The molecule has 0 bridgehead atoms. The Bertz CT molecular complexity index is 1640. The molecule has 0 aliphatic rings. The average molecular weight is 1140 g/mol. The third-order valence-corrected chi connectivity index (χ3v) is 15.5. The minimum absolute atomic E-state index is 0.0272. The number of carbonyl (C=O) groups is 2. The Kier molecular flexibility index (Phi) is 57.3. The van der Waals surface area contributed by atoms with Gasteiger partial charge in [0.15, 0.2) is 0 Å². The largest absolute Gasteiger partial charge is 0.756 e. The van der Waals surface area contributed by atoms with Gasteiger partial charge in [-0.05, 0) is 102 Å². The summed E-state index contributed by atoms with van der Waals surface area (Å²) in [6, 6.07) is -0.899. The van der Waals surface area contributed by atoms with Crippen LogP contribution in [-0.4, -0.2) is 69.4 Å². The lowest BCUT2D eigenvalue weighted by molar-refractivity contribution is -0.870. The minimum atomic E-state index is -4.71. The molecular weight excluding hydrogens is 1010 g/mol. The first-order chi connectivity index (χ1) is 38.9. The van der Waals surface area contributed by atoms with Crippen molar-refractivity contribution in [2.75, 3.05) is 40.9 Å². The molecule has 0 saturated heterocycles. The third kappa shape index (κ3) is 59.8. The van der Waals surface area contributed by atoms with Crippen molar-refractivity contribution in [3.8, 4) is 0 Å². The highest BCUT2D eigenvalue weighted by atomic mass is 31.2. The van der Waals surface area contributed by atoms with E-state index in [1.165, 1.54) is 148 Å². The number of amides is 1. The number of phosphoric ester groups is 1. The van der Waals surface area contributed by atoms with Crippen LogP contribution >= 0.6 is 7.82 Å². The van der Waals surface area contributed by atoms with Crippen molar-refractivity contribution in [1.82, 2.24) is 5.32 Å². The van der Waals surface area contributed by atoms with Crippen molar-refractivity contribution >= 4 is 19.7 Å². The van der Waals surface area contributed by atoms with Gasteiger partial charge in [0, 0.05) is 12.8 Å². The maximum Gasteiger partial charge on any atom is 0.306 e. The van der Waals surface area contributed by atoms with Crippen molar-refractivity contribution in [3.05, 3.63) is 85.1 Å². The van der Waals surface area contributed by atoms with Crippen LogP contribution in [0.3, 0.4) is 0 Å².